The lowest BCUT2D eigenvalue weighted by Gasteiger charge is -2.13. The Bertz CT molecular complexity index is 342. The van der Waals surface area contributed by atoms with Gasteiger partial charge < -0.3 is 31.1 Å². The van der Waals surface area contributed by atoms with E-state index in [4.69, 9.17) is 26.4 Å². The van der Waals surface area contributed by atoms with Gasteiger partial charge >= 0.3 is 19.5 Å². The Labute approximate surface area is 103 Å². The molecule has 18 heavy (non-hydrogen) atoms. The van der Waals surface area contributed by atoms with Gasteiger partial charge in [-0.05, 0) is 12.8 Å². The topological polar surface area (TPSA) is 173 Å². The number of carbonyl (C=O) groups is 2. The minimum Gasteiger partial charge on any atom is -0.480 e. The number of hydrogen-bond acceptors (Lipinski definition) is 6. The molecule has 10 heteroatoms. The van der Waals surface area contributed by atoms with E-state index in [1.165, 1.54) is 0 Å². The average molecular weight is 284 g/mol. The molecule has 0 saturated heterocycles. The molecule has 0 bridgehead atoms. The molecule has 7 N–H and O–H groups in total. The summed E-state index contributed by atoms with van der Waals surface area (Å²) in [5.74, 6) is -2.16. The zero-order valence-corrected chi connectivity index (χ0v) is 10.5. The Balaban J connectivity index is 3.90. The molecule has 0 aliphatic carbocycles. The minimum absolute atomic E-state index is 0.0340. The second-order valence-corrected chi connectivity index (χ2v) is 5.49. The molecule has 0 rings (SSSR count). The zero-order valence-electron chi connectivity index (χ0n) is 9.56. The normalized spacial score (nSPS) is 14.9. The molecule has 0 saturated carbocycles. The lowest BCUT2D eigenvalue weighted by atomic mass is 10.2. The molecule has 0 aromatic carbocycles. The first-order valence-corrected chi connectivity index (χ1v) is 6.88. The third kappa shape index (κ3) is 8.15. The summed E-state index contributed by atoms with van der Waals surface area (Å²) in [7, 11) is -4.10. The largest absolute Gasteiger partial charge is 0.480 e. The fourth-order valence-electron chi connectivity index (χ4n) is 0.985. The summed E-state index contributed by atoms with van der Waals surface area (Å²) in [6.07, 6.45) is -0.277. The van der Waals surface area contributed by atoms with Crippen LogP contribution in [0.4, 0.5) is 0 Å². The van der Waals surface area contributed by atoms with Gasteiger partial charge in [0.15, 0.2) is 0 Å². The molecular formula is C8H17N2O7P. The summed E-state index contributed by atoms with van der Waals surface area (Å²) in [6.45, 7) is -0.500. The molecule has 0 spiro atoms. The van der Waals surface area contributed by atoms with Crippen LogP contribution in [0.15, 0.2) is 0 Å². The van der Waals surface area contributed by atoms with E-state index in [1.807, 2.05) is 0 Å². The van der Waals surface area contributed by atoms with Gasteiger partial charge in [-0.15, -0.1) is 0 Å². The Morgan fingerprint density at radius 2 is 1.78 bits per heavy atom. The maximum atomic E-state index is 11.2. The van der Waals surface area contributed by atoms with Gasteiger partial charge in [-0.25, -0.2) is 0 Å². The quantitative estimate of drug-likeness (QED) is 0.255. The van der Waals surface area contributed by atoms with E-state index >= 15 is 0 Å². The highest BCUT2D eigenvalue weighted by Crippen LogP contribution is 2.35. The van der Waals surface area contributed by atoms with E-state index in [0.29, 0.717) is 0 Å². The molecule has 0 aromatic rings. The number of aliphatic carboxylic acids is 1. The van der Waals surface area contributed by atoms with Crippen molar-refractivity contribution < 1.29 is 33.8 Å². The Morgan fingerprint density at radius 1 is 1.22 bits per heavy atom. The predicted molar refractivity (Wildman–Crippen MR) is 60.7 cm³/mol. The number of esters is 1. The van der Waals surface area contributed by atoms with Crippen molar-refractivity contribution >= 4 is 19.5 Å². The fourth-order valence-corrected chi connectivity index (χ4v) is 1.58. The van der Waals surface area contributed by atoms with Gasteiger partial charge in [0.2, 0.25) is 0 Å². The highest BCUT2D eigenvalue weighted by atomic mass is 31.2. The van der Waals surface area contributed by atoms with E-state index in [2.05, 4.69) is 4.74 Å². The molecule has 0 aliphatic rings. The van der Waals surface area contributed by atoms with Crippen molar-refractivity contribution in [2.24, 2.45) is 11.5 Å². The zero-order chi connectivity index (χ0) is 14.3. The third-order valence-corrected chi connectivity index (χ3v) is 2.89. The maximum absolute atomic E-state index is 11.2. The van der Waals surface area contributed by atoms with Crippen LogP contribution in [0, 0.1) is 0 Å². The number of rotatable bonds is 8. The molecule has 0 radical (unpaired) electrons. The number of carbonyl (C=O) groups excluding carboxylic acids is 1. The van der Waals surface area contributed by atoms with Crippen molar-refractivity contribution in [3.05, 3.63) is 0 Å². The van der Waals surface area contributed by atoms with Crippen LogP contribution in [0.3, 0.4) is 0 Å². The van der Waals surface area contributed by atoms with Gasteiger partial charge in [-0.3, -0.25) is 14.2 Å². The number of carboxylic acid groups (broad SMARTS) is 1. The second-order valence-electron chi connectivity index (χ2n) is 3.71. The van der Waals surface area contributed by atoms with Gasteiger partial charge in [0.25, 0.3) is 0 Å². The first-order chi connectivity index (χ1) is 8.13. The predicted octanol–water partition coefficient (Wildman–Crippen LogP) is -1.77. The van der Waals surface area contributed by atoms with Gasteiger partial charge in [-0.1, -0.05) is 0 Å². The van der Waals surface area contributed by atoms with Crippen LogP contribution in [0.1, 0.15) is 12.8 Å². The maximum Gasteiger partial charge on any atom is 0.325 e. The standard InChI is InChI=1S/C8H17N2O7P/c9-5(2-1-3-18(14,15)16)8(13)17-4-6(10)7(11)12/h5-6H,1-4,9-10H2,(H,11,12)(H2,14,15,16)/t5?,6-/m0/s1. The minimum atomic E-state index is -4.10. The smallest absolute Gasteiger partial charge is 0.325 e. The van der Waals surface area contributed by atoms with Crippen molar-refractivity contribution in [3.63, 3.8) is 0 Å². The molecule has 0 aliphatic heterocycles. The van der Waals surface area contributed by atoms with Crippen LogP contribution < -0.4 is 11.5 Å². The Hall–Kier alpha value is -0.990. The van der Waals surface area contributed by atoms with E-state index in [9.17, 15) is 14.2 Å². The first-order valence-electron chi connectivity index (χ1n) is 5.08. The van der Waals surface area contributed by atoms with E-state index in [0.717, 1.165) is 0 Å². The van der Waals surface area contributed by atoms with Crippen molar-refractivity contribution in [1.29, 1.82) is 0 Å². The molecule has 0 amide bonds. The molecule has 2 atom stereocenters. The van der Waals surface area contributed by atoms with E-state index in [-0.39, 0.29) is 19.0 Å². The molecule has 9 nitrogen and oxygen atoms in total. The lowest BCUT2D eigenvalue weighted by molar-refractivity contribution is -0.149. The second kappa shape index (κ2) is 7.45. The monoisotopic (exact) mass is 284 g/mol. The van der Waals surface area contributed by atoms with Crippen LogP contribution >= 0.6 is 7.60 Å². The van der Waals surface area contributed by atoms with Crippen LogP contribution in [0.2, 0.25) is 0 Å². The van der Waals surface area contributed by atoms with Crippen LogP contribution in [0.25, 0.3) is 0 Å². The number of carboxylic acids is 1. The van der Waals surface area contributed by atoms with Gasteiger partial charge in [0.05, 0.1) is 0 Å². The Kier molecular flexibility index (Phi) is 7.04. The molecule has 0 aromatic heterocycles. The molecule has 0 heterocycles. The fraction of sp³-hybridized carbons (Fsp3) is 0.750. The highest BCUT2D eigenvalue weighted by Gasteiger charge is 2.20. The van der Waals surface area contributed by atoms with Crippen LogP contribution in [0.5, 0.6) is 0 Å². The summed E-state index contributed by atoms with van der Waals surface area (Å²) >= 11 is 0. The van der Waals surface area contributed by atoms with Gasteiger partial charge in [0, 0.05) is 6.16 Å². The lowest BCUT2D eigenvalue weighted by Crippen LogP contribution is -2.39. The van der Waals surface area contributed by atoms with Crippen molar-refractivity contribution in [3.8, 4) is 0 Å². The Morgan fingerprint density at radius 3 is 2.22 bits per heavy atom. The van der Waals surface area contributed by atoms with Crippen LogP contribution in [-0.4, -0.2) is 51.7 Å². The number of nitrogens with two attached hydrogens (primary N) is 2. The van der Waals surface area contributed by atoms with Crippen molar-refractivity contribution in [2.45, 2.75) is 24.9 Å². The molecular weight excluding hydrogens is 267 g/mol. The summed E-state index contributed by atoms with van der Waals surface area (Å²) in [4.78, 5) is 38.7. The summed E-state index contributed by atoms with van der Waals surface area (Å²) in [5, 5.41) is 8.43. The summed E-state index contributed by atoms with van der Waals surface area (Å²) in [6, 6.07) is -2.38. The SMILES string of the molecule is NC(CCCP(=O)(O)O)C(=O)OC[C@H](N)C(=O)O. The highest BCUT2D eigenvalue weighted by molar-refractivity contribution is 7.51. The van der Waals surface area contributed by atoms with Crippen molar-refractivity contribution in [1.82, 2.24) is 0 Å². The summed E-state index contributed by atoms with van der Waals surface area (Å²) in [5.41, 5.74) is 10.5. The molecule has 1 unspecified atom stereocenters. The number of ether oxygens (including phenoxy) is 1. The first kappa shape index (κ1) is 17.0. The molecule has 0 fully saturated rings. The van der Waals surface area contributed by atoms with Crippen molar-refractivity contribution in [2.75, 3.05) is 12.8 Å². The number of hydrogen-bond donors (Lipinski definition) is 5. The average Bonchev–Trinajstić information content (AvgIpc) is 2.23. The summed E-state index contributed by atoms with van der Waals surface area (Å²) < 4.78 is 15.1. The van der Waals surface area contributed by atoms with Gasteiger partial charge in [0.1, 0.15) is 18.7 Å². The molecule has 106 valence electrons. The van der Waals surface area contributed by atoms with E-state index < -0.39 is 38.2 Å². The van der Waals surface area contributed by atoms with E-state index in [1.54, 1.807) is 0 Å². The third-order valence-electron chi connectivity index (χ3n) is 1.99. The van der Waals surface area contributed by atoms with Gasteiger partial charge in [-0.2, -0.15) is 0 Å². The van der Waals surface area contributed by atoms with Crippen LogP contribution in [-0.2, 0) is 18.9 Å².